The molecule has 0 heterocycles. The minimum absolute atomic E-state index is 0.0128. The van der Waals surface area contributed by atoms with Gasteiger partial charge in [0.25, 0.3) is 10.0 Å². The molecule has 106 valence electrons. The Kier molecular flexibility index (Phi) is 5.10. The first kappa shape index (κ1) is 17.0. The van der Waals surface area contributed by atoms with Crippen LogP contribution in [0.3, 0.4) is 0 Å². The van der Waals surface area contributed by atoms with E-state index in [-0.39, 0.29) is 4.90 Å². The Morgan fingerprint density at radius 3 is 1.89 bits per heavy atom. The van der Waals surface area contributed by atoms with Gasteiger partial charge in [0.15, 0.2) is 0 Å². The fraction of sp³-hybridized carbons (Fsp3) is 0.364. The maximum atomic E-state index is 12.5. The summed E-state index contributed by atoms with van der Waals surface area (Å²) in [4.78, 5) is 11.3. The molecule has 1 aromatic rings. The summed E-state index contributed by atoms with van der Waals surface area (Å²) in [7, 11) is -4.08. The number of hydrogen-bond donors (Lipinski definition) is 1. The van der Waals surface area contributed by atoms with Gasteiger partial charge >= 0.3 is 6.09 Å². The molecule has 0 saturated heterocycles. The smallest absolute Gasteiger partial charge is 0.421 e. The second-order valence-corrected chi connectivity index (χ2v) is 9.11. The van der Waals surface area contributed by atoms with E-state index in [1.54, 1.807) is 0 Å². The topological polar surface area (TPSA) is 74.7 Å². The van der Waals surface area contributed by atoms with Crippen LogP contribution in [0.2, 0.25) is 0 Å². The molecule has 1 amide bonds. The summed E-state index contributed by atoms with van der Waals surface area (Å²) >= 11 is 4.00. The van der Waals surface area contributed by atoms with E-state index in [9.17, 15) is 18.3 Å². The van der Waals surface area contributed by atoms with Crippen molar-refractivity contribution in [1.29, 1.82) is 0 Å². The molecule has 0 saturated carbocycles. The predicted molar refractivity (Wildman–Crippen MR) is 88.7 cm³/mol. The van der Waals surface area contributed by atoms with Crippen molar-refractivity contribution in [1.82, 2.24) is 4.31 Å². The van der Waals surface area contributed by atoms with Crippen molar-refractivity contribution >= 4 is 61.3 Å². The molecule has 0 radical (unpaired) electrons. The van der Waals surface area contributed by atoms with Crippen molar-refractivity contribution in [2.45, 2.75) is 31.2 Å². The second-order valence-electron chi connectivity index (χ2n) is 4.83. The zero-order valence-electron chi connectivity index (χ0n) is 10.5. The third kappa shape index (κ3) is 3.94. The number of nitrogens with zero attached hydrogens (tertiary/aromatic N) is 1. The van der Waals surface area contributed by atoms with E-state index >= 15 is 0 Å². The average Bonchev–Trinajstić information content (AvgIpc) is 2.11. The lowest BCUT2D eigenvalue weighted by Gasteiger charge is -2.32. The molecule has 1 aromatic carbocycles. The number of rotatable bonds is 2. The lowest BCUT2D eigenvalue weighted by atomic mass is 10.1. The van der Waals surface area contributed by atoms with Crippen LogP contribution in [0.4, 0.5) is 4.79 Å². The Labute approximate surface area is 139 Å². The summed E-state index contributed by atoms with van der Waals surface area (Å²) < 4.78 is 26.9. The normalized spacial score (nSPS) is 12.3. The van der Waals surface area contributed by atoms with E-state index in [0.29, 0.717) is 4.31 Å². The number of carboxylic acid groups (broad SMARTS) is 1. The SMILES string of the molecule is CC(C)(C)N(C(=O)O)S(=O)(=O)c1cc(I)cc(I)c1. The monoisotopic (exact) mass is 509 g/mol. The molecule has 0 unspecified atom stereocenters. The average molecular weight is 509 g/mol. The number of sulfonamides is 1. The van der Waals surface area contributed by atoms with E-state index < -0.39 is 21.7 Å². The van der Waals surface area contributed by atoms with Gasteiger partial charge in [-0.1, -0.05) is 0 Å². The maximum absolute atomic E-state index is 12.5. The Morgan fingerprint density at radius 2 is 1.58 bits per heavy atom. The van der Waals surface area contributed by atoms with Gasteiger partial charge in [-0.2, -0.15) is 4.31 Å². The van der Waals surface area contributed by atoms with Crippen molar-refractivity contribution in [2.24, 2.45) is 0 Å². The molecule has 0 fully saturated rings. The van der Waals surface area contributed by atoms with Gasteiger partial charge in [0.05, 0.1) is 10.4 Å². The molecule has 8 heteroatoms. The third-order valence-corrected chi connectivity index (χ3v) is 5.42. The highest BCUT2D eigenvalue weighted by molar-refractivity contribution is 14.1. The van der Waals surface area contributed by atoms with Crippen molar-refractivity contribution in [2.75, 3.05) is 0 Å². The van der Waals surface area contributed by atoms with Crippen LogP contribution in [-0.2, 0) is 10.0 Å². The summed E-state index contributed by atoms with van der Waals surface area (Å²) in [6, 6.07) is 4.72. The fourth-order valence-electron chi connectivity index (χ4n) is 1.53. The summed E-state index contributed by atoms with van der Waals surface area (Å²) in [5.41, 5.74) is -1.04. The van der Waals surface area contributed by atoms with Crippen LogP contribution in [0.25, 0.3) is 0 Å². The number of carbonyl (C=O) groups is 1. The minimum atomic E-state index is -4.08. The molecule has 0 aliphatic heterocycles. The lowest BCUT2D eigenvalue weighted by Crippen LogP contribution is -2.48. The molecule has 19 heavy (non-hydrogen) atoms. The van der Waals surface area contributed by atoms with E-state index in [0.717, 1.165) is 7.14 Å². The molecule has 5 nitrogen and oxygen atoms in total. The quantitative estimate of drug-likeness (QED) is 0.621. The van der Waals surface area contributed by atoms with Crippen LogP contribution in [0.5, 0.6) is 0 Å². The predicted octanol–water partition coefficient (Wildman–Crippen LogP) is 3.36. The largest absolute Gasteiger partial charge is 0.464 e. The van der Waals surface area contributed by atoms with E-state index in [1.807, 2.05) is 51.2 Å². The Balaban J connectivity index is 3.48. The second kappa shape index (κ2) is 5.72. The molecule has 0 aliphatic carbocycles. The summed E-state index contributed by atoms with van der Waals surface area (Å²) in [5, 5.41) is 9.19. The number of halogens is 2. The Morgan fingerprint density at radius 1 is 1.16 bits per heavy atom. The first-order valence-corrected chi connectivity index (χ1v) is 8.80. The molecule has 0 aromatic heterocycles. The minimum Gasteiger partial charge on any atom is -0.464 e. The number of benzene rings is 1. The molecule has 0 aliphatic rings. The Hall–Kier alpha value is -0.100. The highest BCUT2D eigenvalue weighted by Crippen LogP contribution is 2.27. The van der Waals surface area contributed by atoms with Gasteiger partial charge in [-0.25, -0.2) is 13.2 Å². The van der Waals surface area contributed by atoms with E-state index in [2.05, 4.69) is 0 Å². The van der Waals surface area contributed by atoms with Crippen LogP contribution < -0.4 is 0 Å². The summed E-state index contributed by atoms with van der Waals surface area (Å²) in [6.45, 7) is 4.62. The maximum Gasteiger partial charge on any atom is 0.421 e. The molecular formula is C11H13I2NO4S. The van der Waals surface area contributed by atoms with Crippen molar-refractivity contribution in [3.63, 3.8) is 0 Å². The van der Waals surface area contributed by atoms with E-state index in [1.165, 1.54) is 32.9 Å². The number of hydrogen-bond acceptors (Lipinski definition) is 3. The third-order valence-electron chi connectivity index (χ3n) is 2.16. The summed E-state index contributed by atoms with van der Waals surface area (Å²) in [5.74, 6) is 0. The highest BCUT2D eigenvalue weighted by Gasteiger charge is 2.38. The van der Waals surface area contributed by atoms with Gasteiger partial charge in [0.1, 0.15) is 0 Å². The molecule has 0 spiro atoms. The van der Waals surface area contributed by atoms with Gasteiger partial charge in [-0.15, -0.1) is 0 Å². The van der Waals surface area contributed by atoms with Gasteiger partial charge < -0.3 is 5.11 Å². The molecule has 0 bridgehead atoms. The van der Waals surface area contributed by atoms with Crippen LogP contribution in [-0.4, -0.2) is 29.5 Å². The van der Waals surface area contributed by atoms with Crippen LogP contribution in [0.15, 0.2) is 23.1 Å². The fourth-order valence-corrected chi connectivity index (χ4v) is 5.58. The van der Waals surface area contributed by atoms with Gasteiger partial charge in [-0.05, 0) is 84.2 Å². The zero-order valence-corrected chi connectivity index (χ0v) is 15.6. The van der Waals surface area contributed by atoms with Crippen molar-refractivity contribution in [3.8, 4) is 0 Å². The van der Waals surface area contributed by atoms with Crippen LogP contribution >= 0.6 is 45.2 Å². The van der Waals surface area contributed by atoms with Crippen molar-refractivity contribution in [3.05, 3.63) is 25.3 Å². The molecule has 0 atom stereocenters. The van der Waals surface area contributed by atoms with Crippen molar-refractivity contribution < 1.29 is 18.3 Å². The van der Waals surface area contributed by atoms with Gasteiger partial charge in [-0.3, -0.25) is 0 Å². The van der Waals surface area contributed by atoms with Gasteiger partial charge in [0.2, 0.25) is 0 Å². The first-order chi connectivity index (χ1) is 8.46. The standard InChI is InChI=1S/C11H13I2NO4S/c1-11(2,3)14(10(15)16)19(17,18)9-5-7(12)4-8(13)6-9/h4-6H,1-3H3,(H,15,16). The van der Waals surface area contributed by atoms with Crippen LogP contribution in [0.1, 0.15) is 20.8 Å². The Bertz CT molecular complexity index is 587. The molecule has 1 rings (SSSR count). The van der Waals surface area contributed by atoms with Gasteiger partial charge in [0, 0.05) is 7.14 Å². The van der Waals surface area contributed by atoms with E-state index in [4.69, 9.17) is 0 Å². The summed E-state index contributed by atoms with van der Waals surface area (Å²) in [6.07, 6.45) is -1.48. The zero-order chi connectivity index (χ0) is 15.0. The first-order valence-electron chi connectivity index (χ1n) is 5.20. The highest BCUT2D eigenvalue weighted by atomic mass is 127. The molecule has 1 N–H and O–H groups in total. The molecular weight excluding hydrogens is 496 g/mol. The lowest BCUT2D eigenvalue weighted by molar-refractivity contribution is 0.146. The number of amides is 1. The van der Waals surface area contributed by atoms with Crippen LogP contribution in [0, 0.1) is 7.14 Å².